The molecular weight excluding hydrogens is 346 g/mol. The third-order valence-electron chi connectivity index (χ3n) is 4.73. The van der Waals surface area contributed by atoms with Crippen LogP contribution in [0.1, 0.15) is 34.3 Å². The summed E-state index contributed by atoms with van der Waals surface area (Å²) < 4.78 is 0. The van der Waals surface area contributed by atoms with E-state index in [4.69, 9.17) is 0 Å². The van der Waals surface area contributed by atoms with Crippen LogP contribution in [0.5, 0.6) is 0 Å². The normalized spacial score (nSPS) is 13.7. The zero-order chi connectivity index (χ0) is 19.6. The van der Waals surface area contributed by atoms with Crippen LogP contribution in [0, 0.1) is 24.0 Å². The number of benzene rings is 2. The molecule has 0 saturated carbocycles. The number of likely N-dealkylation sites (tertiary alicyclic amines) is 1. The highest BCUT2D eigenvalue weighted by Crippen LogP contribution is 2.24. The Balaban J connectivity index is 1.97. The van der Waals surface area contributed by atoms with Crippen molar-refractivity contribution in [1.29, 1.82) is 0 Å². The van der Waals surface area contributed by atoms with Gasteiger partial charge in [0.2, 0.25) is 5.91 Å². The second-order valence-electron chi connectivity index (χ2n) is 6.73. The Kier molecular flexibility index (Phi) is 5.21. The molecule has 140 valence electrons. The van der Waals surface area contributed by atoms with Crippen LogP contribution in [0.2, 0.25) is 0 Å². The fourth-order valence-corrected chi connectivity index (χ4v) is 3.11. The van der Waals surface area contributed by atoms with Crippen LogP contribution in [-0.2, 0) is 4.79 Å². The summed E-state index contributed by atoms with van der Waals surface area (Å²) in [5, 5.41) is 11.2. The summed E-state index contributed by atoms with van der Waals surface area (Å²) in [4.78, 5) is 39.1. The van der Waals surface area contributed by atoms with Gasteiger partial charge in [-0.1, -0.05) is 23.8 Å². The van der Waals surface area contributed by atoms with Gasteiger partial charge in [-0.15, -0.1) is 0 Å². The highest BCUT2D eigenvalue weighted by atomic mass is 16.6. The van der Waals surface area contributed by atoms with Gasteiger partial charge in [0.15, 0.2) is 0 Å². The van der Waals surface area contributed by atoms with Crippen LogP contribution in [0.25, 0.3) is 0 Å². The third kappa shape index (κ3) is 3.97. The molecule has 0 unspecified atom stereocenters. The van der Waals surface area contributed by atoms with E-state index in [9.17, 15) is 19.7 Å². The van der Waals surface area contributed by atoms with E-state index in [-0.39, 0.29) is 29.7 Å². The van der Waals surface area contributed by atoms with Gasteiger partial charge in [0.1, 0.15) is 6.67 Å². The van der Waals surface area contributed by atoms with Gasteiger partial charge in [-0.2, -0.15) is 0 Å². The minimum atomic E-state index is -0.494. The number of amides is 2. The number of carbonyl (C=O) groups excluding carboxylic acids is 2. The Bertz CT molecular complexity index is 893. The minimum Gasteiger partial charge on any atom is -0.324 e. The van der Waals surface area contributed by atoms with Crippen molar-refractivity contribution in [2.75, 3.05) is 18.1 Å². The number of carbonyl (C=O) groups is 2. The van der Waals surface area contributed by atoms with Gasteiger partial charge in [0, 0.05) is 35.8 Å². The molecular formula is C20H21N3O4. The molecule has 0 spiro atoms. The van der Waals surface area contributed by atoms with Crippen molar-refractivity contribution in [1.82, 2.24) is 4.90 Å². The molecule has 1 aliphatic heterocycles. The van der Waals surface area contributed by atoms with E-state index in [1.54, 1.807) is 24.0 Å². The van der Waals surface area contributed by atoms with Crippen LogP contribution in [0.3, 0.4) is 0 Å². The van der Waals surface area contributed by atoms with Gasteiger partial charge in [-0.25, -0.2) is 0 Å². The minimum absolute atomic E-state index is 0.00907. The fraction of sp³-hybridized carbons (Fsp3) is 0.300. The van der Waals surface area contributed by atoms with Crippen molar-refractivity contribution >= 4 is 23.2 Å². The Morgan fingerprint density at radius 1 is 1.19 bits per heavy atom. The van der Waals surface area contributed by atoms with Crippen LogP contribution >= 0.6 is 0 Å². The molecule has 2 aromatic rings. The molecule has 0 N–H and O–H groups in total. The monoisotopic (exact) mass is 367 g/mol. The van der Waals surface area contributed by atoms with E-state index in [1.165, 1.54) is 11.0 Å². The molecule has 0 atom stereocenters. The average molecular weight is 367 g/mol. The van der Waals surface area contributed by atoms with E-state index < -0.39 is 4.92 Å². The van der Waals surface area contributed by atoms with Crippen molar-refractivity contribution in [2.45, 2.75) is 26.7 Å². The van der Waals surface area contributed by atoms with Crippen molar-refractivity contribution in [3.63, 3.8) is 0 Å². The first-order valence-electron chi connectivity index (χ1n) is 8.78. The lowest BCUT2D eigenvalue weighted by molar-refractivity contribution is -0.385. The topological polar surface area (TPSA) is 83.8 Å². The summed E-state index contributed by atoms with van der Waals surface area (Å²) in [5.41, 5.74) is 2.32. The van der Waals surface area contributed by atoms with Gasteiger partial charge in [-0.3, -0.25) is 24.6 Å². The molecule has 7 heteroatoms. The van der Waals surface area contributed by atoms with Gasteiger partial charge in [0.25, 0.3) is 11.6 Å². The highest BCUT2D eigenvalue weighted by Gasteiger charge is 2.27. The van der Waals surface area contributed by atoms with Crippen LogP contribution in [0.15, 0.2) is 42.5 Å². The van der Waals surface area contributed by atoms with Gasteiger partial charge >= 0.3 is 0 Å². The second kappa shape index (κ2) is 7.57. The van der Waals surface area contributed by atoms with Crippen molar-refractivity contribution < 1.29 is 14.5 Å². The number of nitro benzene ring substituents is 1. The molecule has 1 fully saturated rings. The van der Waals surface area contributed by atoms with Gasteiger partial charge < -0.3 is 4.90 Å². The van der Waals surface area contributed by atoms with Crippen LogP contribution in [-0.4, -0.2) is 34.9 Å². The molecule has 0 bridgehead atoms. The number of hydrogen-bond acceptors (Lipinski definition) is 4. The number of aryl methyl sites for hydroxylation is 2. The molecule has 0 radical (unpaired) electrons. The molecule has 0 aromatic heterocycles. The molecule has 2 amide bonds. The molecule has 2 aromatic carbocycles. The summed E-state index contributed by atoms with van der Waals surface area (Å²) in [6.45, 7) is 4.31. The number of nitrogens with zero attached hydrogens (tertiary/aromatic N) is 3. The molecule has 3 rings (SSSR count). The summed E-state index contributed by atoms with van der Waals surface area (Å²) in [5.74, 6) is -0.364. The second-order valence-corrected chi connectivity index (χ2v) is 6.73. The predicted octanol–water partition coefficient (Wildman–Crippen LogP) is 3.44. The SMILES string of the molecule is Cc1ccc(N(CN2CCCC2=O)C(=O)c2ccc(C)c([N+](=O)[O-])c2)cc1. The maximum absolute atomic E-state index is 13.2. The lowest BCUT2D eigenvalue weighted by Crippen LogP contribution is -2.42. The van der Waals surface area contributed by atoms with Crippen molar-refractivity contribution in [2.24, 2.45) is 0 Å². The van der Waals surface area contributed by atoms with Crippen molar-refractivity contribution in [3.05, 3.63) is 69.3 Å². The van der Waals surface area contributed by atoms with E-state index in [0.717, 1.165) is 12.0 Å². The van der Waals surface area contributed by atoms with Crippen molar-refractivity contribution in [3.8, 4) is 0 Å². The first kappa shape index (κ1) is 18.6. The Morgan fingerprint density at radius 3 is 2.48 bits per heavy atom. The summed E-state index contributed by atoms with van der Waals surface area (Å²) >= 11 is 0. The predicted molar refractivity (Wildman–Crippen MR) is 102 cm³/mol. The Labute approximate surface area is 157 Å². The van der Waals surface area contributed by atoms with Gasteiger partial charge in [0.05, 0.1) is 4.92 Å². The Hall–Kier alpha value is -3.22. The molecule has 1 saturated heterocycles. The Morgan fingerprint density at radius 2 is 1.89 bits per heavy atom. The largest absolute Gasteiger partial charge is 0.324 e. The van der Waals surface area contributed by atoms with Gasteiger partial charge in [-0.05, 0) is 38.5 Å². The third-order valence-corrected chi connectivity index (χ3v) is 4.73. The number of rotatable bonds is 5. The van der Waals surface area contributed by atoms with E-state index >= 15 is 0 Å². The van der Waals surface area contributed by atoms with Crippen LogP contribution < -0.4 is 4.90 Å². The lowest BCUT2D eigenvalue weighted by atomic mass is 10.1. The molecule has 7 nitrogen and oxygen atoms in total. The van der Waals surface area contributed by atoms with E-state index in [1.807, 2.05) is 31.2 Å². The zero-order valence-electron chi connectivity index (χ0n) is 15.3. The zero-order valence-corrected chi connectivity index (χ0v) is 15.3. The number of anilines is 1. The lowest BCUT2D eigenvalue weighted by Gasteiger charge is -2.28. The number of nitro groups is 1. The summed E-state index contributed by atoms with van der Waals surface area (Å²) in [7, 11) is 0. The summed E-state index contributed by atoms with van der Waals surface area (Å²) in [6, 6.07) is 11.9. The van der Waals surface area contributed by atoms with E-state index in [0.29, 0.717) is 24.2 Å². The summed E-state index contributed by atoms with van der Waals surface area (Å²) in [6.07, 6.45) is 1.25. The quantitative estimate of drug-likeness (QED) is 0.599. The molecule has 1 aliphatic rings. The maximum Gasteiger partial charge on any atom is 0.273 e. The fourth-order valence-electron chi connectivity index (χ4n) is 3.11. The first-order chi connectivity index (χ1) is 12.9. The standard InChI is InChI=1S/C20H21N3O4/c1-14-5-9-17(10-6-14)22(13-21-11-3-4-19(21)24)20(25)16-8-7-15(2)18(12-16)23(26)27/h5-10,12H,3-4,11,13H2,1-2H3. The number of hydrogen-bond donors (Lipinski definition) is 0. The van der Waals surface area contributed by atoms with E-state index in [2.05, 4.69) is 0 Å². The molecule has 27 heavy (non-hydrogen) atoms. The highest BCUT2D eigenvalue weighted by molar-refractivity contribution is 6.06. The maximum atomic E-state index is 13.2. The molecule has 0 aliphatic carbocycles. The van der Waals surface area contributed by atoms with Crippen LogP contribution in [0.4, 0.5) is 11.4 Å². The molecule has 1 heterocycles. The first-order valence-corrected chi connectivity index (χ1v) is 8.78. The smallest absolute Gasteiger partial charge is 0.273 e. The average Bonchev–Trinajstić information content (AvgIpc) is 3.05.